The van der Waals surface area contributed by atoms with E-state index in [0.717, 1.165) is 17.4 Å². The minimum atomic E-state index is 0.514. The molecule has 0 aromatic rings. The quantitative estimate of drug-likeness (QED) is 0.315. The van der Waals surface area contributed by atoms with Gasteiger partial charge in [-0.15, -0.1) is 12.6 Å². The highest BCUT2D eigenvalue weighted by molar-refractivity contribution is 14.2. The summed E-state index contributed by atoms with van der Waals surface area (Å²) < 4.78 is 1.30. The molecule has 0 aromatic carbocycles. The van der Waals surface area contributed by atoms with Crippen LogP contribution in [0.25, 0.3) is 0 Å². The molecule has 0 saturated heterocycles. The van der Waals surface area contributed by atoms with Crippen LogP contribution in [0.15, 0.2) is 0 Å². The number of hydrogen-bond donors (Lipinski definition) is 3. The third-order valence-electron chi connectivity index (χ3n) is 0.741. The largest absolute Gasteiger partial charge is 0.369 e. The number of thiocarbonyl (C=S) groups is 2. The van der Waals surface area contributed by atoms with E-state index < -0.39 is 0 Å². The first-order chi connectivity index (χ1) is 5.16. The Hall–Kier alpha value is 1.21. The van der Waals surface area contributed by atoms with Crippen molar-refractivity contribution in [3.8, 4) is 0 Å². The normalized spacial score (nSPS) is 8.91. The first-order valence-corrected chi connectivity index (χ1v) is 7.32. The fourth-order valence-corrected chi connectivity index (χ4v) is 1.30. The highest BCUT2D eigenvalue weighted by Gasteiger charge is 1.92. The topological polar surface area (TPSA) is 24.1 Å². The summed E-state index contributed by atoms with van der Waals surface area (Å²) in [5.74, 6) is 0. The lowest BCUT2D eigenvalue weighted by Crippen LogP contribution is -2.30. The van der Waals surface area contributed by atoms with E-state index in [4.69, 9.17) is 12.2 Å². The van der Waals surface area contributed by atoms with Gasteiger partial charge < -0.3 is 10.6 Å². The second kappa shape index (κ2) is 7.84. The molecular weight excluding hydrogens is 331 g/mol. The molecule has 0 aliphatic heterocycles. The molecular formula is C4H7IN2S4. The minimum absolute atomic E-state index is 0.514. The summed E-state index contributed by atoms with van der Waals surface area (Å²) >= 11 is 15.6. The fraction of sp³-hybridized carbons (Fsp3) is 0.500. The van der Waals surface area contributed by atoms with E-state index in [-0.39, 0.29) is 0 Å². The molecule has 11 heavy (non-hydrogen) atoms. The van der Waals surface area contributed by atoms with Gasteiger partial charge in [-0.1, -0.05) is 24.4 Å². The van der Waals surface area contributed by atoms with Crippen LogP contribution in [0, 0.1) is 0 Å². The summed E-state index contributed by atoms with van der Waals surface area (Å²) in [6.07, 6.45) is 0. The van der Waals surface area contributed by atoms with Crippen LogP contribution in [0.5, 0.6) is 0 Å². The van der Waals surface area contributed by atoms with Crippen LogP contribution >= 0.6 is 67.2 Å². The SMILES string of the molecule is S=C(S)NCCNC(=S)SI. The Balaban J connectivity index is 3.14. The van der Waals surface area contributed by atoms with Crippen LogP contribution in [0.1, 0.15) is 0 Å². The van der Waals surface area contributed by atoms with Crippen molar-refractivity contribution in [2.75, 3.05) is 13.1 Å². The molecule has 0 spiro atoms. The van der Waals surface area contributed by atoms with Crippen molar-refractivity contribution < 1.29 is 0 Å². The Labute approximate surface area is 98.6 Å². The van der Waals surface area contributed by atoms with E-state index >= 15 is 0 Å². The maximum Gasteiger partial charge on any atom is 0.144 e. The van der Waals surface area contributed by atoms with Crippen molar-refractivity contribution in [1.29, 1.82) is 0 Å². The Morgan fingerprint density at radius 3 is 2.36 bits per heavy atom. The molecule has 2 N–H and O–H groups in total. The van der Waals surface area contributed by atoms with Crippen molar-refractivity contribution in [2.45, 2.75) is 0 Å². The Bertz CT molecular complexity index is 151. The molecule has 0 atom stereocenters. The summed E-state index contributed by atoms with van der Waals surface area (Å²) in [6, 6.07) is 0. The average Bonchev–Trinajstić information content (AvgIpc) is 1.97. The van der Waals surface area contributed by atoms with Crippen LogP contribution in [0.2, 0.25) is 0 Å². The van der Waals surface area contributed by atoms with Gasteiger partial charge in [-0.25, -0.2) is 0 Å². The lowest BCUT2D eigenvalue weighted by atomic mass is 10.6. The zero-order valence-electron chi connectivity index (χ0n) is 5.46. The van der Waals surface area contributed by atoms with Gasteiger partial charge in [0.25, 0.3) is 0 Å². The molecule has 0 saturated carbocycles. The van der Waals surface area contributed by atoms with Gasteiger partial charge in [0, 0.05) is 34.3 Å². The lowest BCUT2D eigenvalue weighted by Gasteiger charge is -2.04. The molecule has 0 heterocycles. The van der Waals surface area contributed by atoms with Gasteiger partial charge in [-0.2, -0.15) is 0 Å². The molecule has 0 aromatic heterocycles. The molecule has 0 fully saturated rings. The molecule has 0 unspecified atom stereocenters. The number of halogens is 1. The molecule has 64 valence electrons. The monoisotopic (exact) mass is 338 g/mol. The summed E-state index contributed by atoms with van der Waals surface area (Å²) in [4.78, 5) is 0. The third-order valence-corrected chi connectivity index (χ3v) is 3.94. The van der Waals surface area contributed by atoms with Gasteiger partial charge >= 0.3 is 0 Å². The molecule has 0 aliphatic rings. The molecule has 2 nitrogen and oxygen atoms in total. The van der Waals surface area contributed by atoms with Crippen LogP contribution in [0.3, 0.4) is 0 Å². The van der Waals surface area contributed by atoms with Gasteiger partial charge in [0.05, 0.1) is 0 Å². The van der Waals surface area contributed by atoms with E-state index in [2.05, 4.69) is 56.7 Å². The predicted molar refractivity (Wildman–Crippen MR) is 71.8 cm³/mol. The van der Waals surface area contributed by atoms with E-state index in [0.29, 0.717) is 4.32 Å². The van der Waals surface area contributed by atoms with Crippen LogP contribution < -0.4 is 10.6 Å². The second-order valence-corrected chi connectivity index (χ2v) is 5.23. The molecule has 7 heteroatoms. The third kappa shape index (κ3) is 9.12. The number of thiol groups is 1. The van der Waals surface area contributed by atoms with Crippen molar-refractivity contribution in [3.05, 3.63) is 0 Å². The lowest BCUT2D eigenvalue weighted by molar-refractivity contribution is 0.834. The minimum Gasteiger partial charge on any atom is -0.369 e. The van der Waals surface area contributed by atoms with Crippen LogP contribution in [-0.4, -0.2) is 21.7 Å². The number of hydrogen-bond acceptors (Lipinski definition) is 3. The van der Waals surface area contributed by atoms with E-state index in [9.17, 15) is 0 Å². The maximum atomic E-state index is 4.90. The number of nitrogens with one attached hydrogen (secondary N) is 2. The van der Waals surface area contributed by atoms with Crippen molar-refractivity contribution >= 4 is 75.8 Å². The van der Waals surface area contributed by atoms with E-state index in [1.54, 1.807) is 0 Å². The van der Waals surface area contributed by atoms with Crippen LogP contribution in [-0.2, 0) is 0 Å². The summed E-state index contributed by atoms with van der Waals surface area (Å²) in [6.45, 7) is 1.52. The molecule has 0 bridgehead atoms. The van der Waals surface area contributed by atoms with Gasteiger partial charge in [0.15, 0.2) is 0 Å². The first kappa shape index (κ1) is 12.2. The fourth-order valence-electron chi connectivity index (χ4n) is 0.361. The maximum absolute atomic E-state index is 4.90. The van der Waals surface area contributed by atoms with Crippen molar-refractivity contribution in [2.24, 2.45) is 0 Å². The second-order valence-electron chi connectivity index (χ2n) is 1.52. The Morgan fingerprint density at radius 2 is 1.91 bits per heavy atom. The zero-order valence-corrected chi connectivity index (χ0v) is 11.0. The first-order valence-electron chi connectivity index (χ1n) is 2.70. The smallest absolute Gasteiger partial charge is 0.144 e. The van der Waals surface area contributed by atoms with Gasteiger partial charge in [0.2, 0.25) is 0 Å². The van der Waals surface area contributed by atoms with E-state index in [1.807, 2.05) is 0 Å². The van der Waals surface area contributed by atoms with Crippen molar-refractivity contribution in [3.63, 3.8) is 0 Å². The molecule has 0 rings (SSSR count). The highest BCUT2D eigenvalue weighted by atomic mass is 127. The molecule has 0 amide bonds. The standard InChI is InChI=1S/C4H7IN2S4/c5-11-4(10)7-2-1-6-3(8)9/h1-2H2,(H,7,10)(H2,6,8,9). The van der Waals surface area contributed by atoms with Gasteiger partial charge in [-0.3, -0.25) is 0 Å². The Morgan fingerprint density at radius 1 is 1.36 bits per heavy atom. The van der Waals surface area contributed by atoms with E-state index in [1.165, 1.54) is 8.93 Å². The molecule has 0 radical (unpaired) electrons. The zero-order chi connectivity index (χ0) is 8.69. The Kier molecular flexibility index (Phi) is 8.70. The highest BCUT2D eigenvalue weighted by Crippen LogP contribution is 2.10. The summed E-state index contributed by atoms with van der Waals surface area (Å²) in [5.41, 5.74) is 0. The van der Waals surface area contributed by atoms with Crippen molar-refractivity contribution in [1.82, 2.24) is 10.6 Å². The van der Waals surface area contributed by atoms with Gasteiger partial charge in [0.1, 0.15) is 8.64 Å². The number of rotatable bonds is 3. The molecule has 0 aliphatic carbocycles. The summed E-state index contributed by atoms with van der Waals surface area (Å²) in [7, 11) is 1.49. The average molecular weight is 338 g/mol. The summed E-state index contributed by atoms with van der Waals surface area (Å²) in [5, 5.41) is 5.91. The predicted octanol–water partition coefficient (Wildman–Crippen LogP) is 1.75. The van der Waals surface area contributed by atoms with Gasteiger partial charge in [-0.05, 0) is 8.93 Å². The van der Waals surface area contributed by atoms with Crippen LogP contribution in [0.4, 0.5) is 0 Å².